The monoisotopic (exact) mass is 293 g/mol. The molecule has 1 aromatic rings. The normalized spacial score (nSPS) is 16.0. The van der Waals surface area contributed by atoms with Gasteiger partial charge >= 0.3 is 0 Å². The van der Waals surface area contributed by atoms with Crippen LogP contribution in [0.15, 0.2) is 18.2 Å². The summed E-state index contributed by atoms with van der Waals surface area (Å²) in [6.07, 6.45) is 4.77. The van der Waals surface area contributed by atoms with Crippen molar-refractivity contribution in [1.82, 2.24) is 0 Å². The molecule has 1 unspecified atom stereocenters. The van der Waals surface area contributed by atoms with E-state index in [1.807, 2.05) is 4.90 Å². The van der Waals surface area contributed by atoms with Gasteiger partial charge in [0.15, 0.2) is 0 Å². The van der Waals surface area contributed by atoms with Crippen LogP contribution in [0.2, 0.25) is 0 Å². The number of anilines is 2. The highest BCUT2D eigenvalue weighted by atomic mass is 19.1. The number of amides is 1. The standard InChI is InChI=1S/C16H24FN3O/c1-2-3-6-14(18)16(21)19-12-7-8-15(13(17)11-12)20-9-4-5-10-20/h7-8,11,14H,2-6,9-10,18H2,1H3,(H,19,21). The molecule has 0 radical (unpaired) electrons. The lowest BCUT2D eigenvalue weighted by Gasteiger charge is -2.19. The lowest BCUT2D eigenvalue weighted by molar-refractivity contribution is -0.117. The minimum absolute atomic E-state index is 0.253. The highest BCUT2D eigenvalue weighted by Crippen LogP contribution is 2.26. The van der Waals surface area contributed by atoms with Gasteiger partial charge in [-0.05, 0) is 37.5 Å². The molecular formula is C16H24FN3O. The van der Waals surface area contributed by atoms with Gasteiger partial charge in [0.1, 0.15) is 5.82 Å². The summed E-state index contributed by atoms with van der Waals surface area (Å²) in [5.74, 6) is -0.548. The Balaban J connectivity index is 1.98. The molecule has 0 aliphatic carbocycles. The fraction of sp³-hybridized carbons (Fsp3) is 0.562. The maximum atomic E-state index is 14.1. The van der Waals surface area contributed by atoms with Crippen LogP contribution in [-0.2, 0) is 4.79 Å². The number of nitrogens with one attached hydrogen (secondary N) is 1. The van der Waals surface area contributed by atoms with E-state index in [0.717, 1.165) is 38.8 Å². The summed E-state index contributed by atoms with van der Waals surface area (Å²) in [7, 11) is 0. The predicted molar refractivity (Wildman–Crippen MR) is 84.0 cm³/mol. The van der Waals surface area contributed by atoms with Crippen molar-refractivity contribution in [3.05, 3.63) is 24.0 Å². The summed E-state index contributed by atoms with van der Waals surface area (Å²) in [5.41, 5.74) is 6.88. The maximum absolute atomic E-state index is 14.1. The van der Waals surface area contributed by atoms with Crippen molar-refractivity contribution < 1.29 is 9.18 Å². The van der Waals surface area contributed by atoms with Crippen molar-refractivity contribution in [1.29, 1.82) is 0 Å². The molecule has 4 nitrogen and oxygen atoms in total. The van der Waals surface area contributed by atoms with Crippen LogP contribution in [0.25, 0.3) is 0 Å². The van der Waals surface area contributed by atoms with Gasteiger partial charge in [0.2, 0.25) is 5.91 Å². The van der Waals surface area contributed by atoms with Crippen LogP contribution in [0.5, 0.6) is 0 Å². The van der Waals surface area contributed by atoms with Crippen LogP contribution >= 0.6 is 0 Å². The molecule has 1 fully saturated rings. The fourth-order valence-electron chi connectivity index (χ4n) is 2.59. The Morgan fingerprint density at radius 2 is 2.14 bits per heavy atom. The third kappa shape index (κ3) is 4.17. The molecular weight excluding hydrogens is 269 g/mol. The van der Waals surface area contributed by atoms with Crippen molar-refractivity contribution in [2.75, 3.05) is 23.3 Å². The molecule has 2 rings (SSSR count). The van der Waals surface area contributed by atoms with Crippen LogP contribution in [0.4, 0.5) is 15.8 Å². The predicted octanol–water partition coefficient (Wildman–Crippen LogP) is 2.88. The molecule has 0 aromatic heterocycles. The number of hydrogen-bond donors (Lipinski definition) is 2. The number of unbranched alkanes of at least 4 members (excludes halogenated alkanes) is 1. The lowest BCUT2D eigenvalue weighted by atomic mass is 10.1. The second-order valence-corrected chi connectivity index (χ2v) is 5.60. The molecule has 0 bridgehead atoms. The van der Waals surface area contributed by atoms with Gasteiger partial charge in [0.05, 0.1) is 11.7 Å². The molecule has 1 aliphatic heterocycles. The molecule has 5 heteroatoms. The number of nitrogens with two attached hydrogens (primary N) is 1. The first-order chi connectivity index (χ1) is 10.1. The average molecular weight is 293 g/mol. The molecule has 0 saturated carbocycles. The molecule has 116 valence electrons. The van der Waals surface area contributed by atoms with E-state index in [1.54, 1.807) is 12.1 Å². The van der Waals surface area contributed by atoms with Crippen molar-refractivity contribution >= 4 is 17.3 Å². The summed E-state index contributed by atoms with van der Waals surface area (Å²) in [5, 5.41) is 2.69. The van der Waals surface area contributed by atoms with Crippen molar-refractivity contribution in [3.8, 4) is 0 Å². The number of carbonyl (C=O) groups is 1. The summed E-state index contributed by atoms with van der Waals surface area (Å²) in [4.78, 5) is 13.9. The highest BCUT2D eigenvalue weighted by molar-refractivity contribution is 5.94. The van der Waals surface area contributed by atoms with Gasteiger partial charge in [0.25, 0.3) is 0 Å². The third-order valence-electron chi connectivity index (χ3n) is 3.87. The Labute approximate surface area is 125 Å². The number of rotatable bonds is 6. The number of carbonyl (C=O) groups excluding carboxylic acids is 1. The van der Waals surface area contributed by atoms with Gasteiger partial charge in [-0.1, -0.05) is 19.8 Å². The minimum atomic E-state index is -0.536. The first-order valence-electron chi connectivity index (χ1n) is 7.72. The van der Waals surface area contributed by atoms with Crippen LogP contribution in [0.1, 0.15) is 39.0 Å². The van der Waals surface area contributed by atoms with Gasteiger partial charge in [-0.15, -0.1) is 0 Å². The Morgan fingerprint density at radius 1 is 1.43 bits per heavy atom. The first kappa shape index (κ1) is 15.8. The topological polar surface area (TPSA) is 58.4 Å². The molecule has 0 spiro atoms. The largest absolute Gasteiger partial charge is 0.369 e. The minimum Gasteiger partial charge on any atom is -0.369 e. The SMILES string of the molecule is CCCCC(N)C(=O)Nc1ccc(N2CCCC2)c(F)c1. The Morgan fingerprint density at radius 3 is 2.76 bits per heavy atom. The lowest BCUT2D eigenvalue weighted by Crippen LogP contribution is -2.35. The van der Waals surface area contributed by atoms with Crippen LogP contribution in [0, 0.1) is 5.82 Å². The van der Waals surface area contributed by atoms with Gasteiger partial charge in [-0.2, -0.15) is 0 Å². The van der Waals surface area contributed by atoms with E-state index in [2.05, 4.69) is 12.2 Å². The fourth-order valence-corrected chi connectivity index (χ4v) is 2.59. The van der Waals surface area contributed by atoms with Crippen LogP contribution < -0.4 is 16.0 Å². The van der Waals surface area contributed by atoms with E-state index in [4.69, 9.17) is 5.73 Å². The number of benzene rings is 1. The van der Waals surface area contributed by atoms with E-state index in [0.29, 0.717) is 17.8 Å². The first-order valence-corrected chi connectivity index (χ1v) is 7.72. The van der Waals surface area contributed by atoms with Crippen molar-refractivity contribution in [2.24, 2.45) is 5.73 Å². The molecule has 1 aromatic carbocycles. The van der Waals surface area contributed by atoms with Crippen LogP contribution in [0.3, 0.4) is 0 Å². The number of nitrogens with zero attached hydrogens (tertiary/aromatic N) is 1. The highest BCUT2D eigenvalue weighted by Gasteiger charge is 2.17. The molecule has 1 atom stereocenters. The second kappa shape index (κ2) is 7.41. The third-order valence-corrected chi connectivity index (χ3v) is 3.87. The van der Waals surface area contributed by atoms with Gasteiger partial charge in [-0.25, -0.2) is 4.39 Å². The van der Waals surface area contributed by atoms with Gasteiger partial charge < -0.3 is 16.0 Å². The smallest absolute Gasteiger partial charge is 0.241 e. The van der Waals surface area contributed by atoms with E-state index < -0.39 is 6.04 Å². The number of hydrogen-bond acceptors (Lipinski definition) is 3. The summed E-state index contributed by atoms with van der Waals surface area (Å²) < 4.78 is 14.1. The van der Waals surface area contributed by atoms with E-state index in [1.165, 1.54) is 6.07 Å². The zero-order valence-corrected chi connectivity index (χ0v) is 12.6. The molecule has 21 heavy (non-hydrogen) atoms. The van der Waals surface area contributed by atoms with E-state index in [9.17, 15) is 9.18 Å². The van der Waals surface area contributed by atoms with Crippen molar-refractivity contribution in [2.45, 2.75) is 45.1 Å². The second-order valence-electron chi connectivity index (χ2n) is 5.60. The molecule has 1 saturated heterocycles. The quantitative estimate of drug-likeness (QED) is 0.848. The zero-order valence-electron chi connectivity index (χ0n) is 12.6. The summed E-state index contributed by atoms with van der Waals surface area (Å²) >= 11 is 0. The number of halogens is 1. The molecule has 1 aliphatic rings. The average Bonchev–Trinajstić information content (AvgIpc) is 2.98. The summed E-state index contributed by atoms with van der Waals surface area (Å²) in [6, 6.07) is 4.30. The van der Waals surface area contributed by atoms with Crippen molar-refractivity contribution in [3.63, 3.8) is 0 Å². The Bertz CT molecular complexity index is 486. The summed E-state index contributed by atoms with van der Waals surface area (Å²) in [6.45, 7) is 3.84. The Kier molecular flexibility index (Phi) is 5.56. The Hall–Kier alpha value is -1.62. The molecule has 1 amide bonds. The van der Waals surface area contributed by atoms with Gasteiger partial charge in [0, 0.05) is 18.8 Å². The van der Waals surface area contributed by atoms with Gasteiger partial charge in [-0.3, -0.25) is 4.79 Å². The zero-order chi connectivity index (χ0) is 15.2. The molecule has 3 N–H and O–H groups in total. The van der Waals surface area contributed by atoms with E-state index >= 15 is 0 Å². The maximum Gasteiger partial charge on any atom is 0.241 e. The van der Waals surface area contributed by atoms with E-state index in [-0.39, 0.29) is 11.7 Å². The van der Waals surface area contributed by atoms with Crippen LogP contribution in [-0.4, -0.2) is 25.0 Å². The molecule has 1 heterocycles.